The van der Waals surface area contributed by atoms with Crippen LogP contribution in [0.15, 0.2) is 158 Å². The molecule has 404 valence electrons. The summed E-state index contributed by atoms with van der Waals surface area (Å²) in [6.07, 6.45) is 0. The van der Waals surface area contributed by atoms with Gasteiger partial charge in [-0.1, -0.05) is 223 Å². The second-order valence-electron chi connectivity index (χ2n) is 30.1. The van der Waals surface area contributed by atoms with Crippen molar-refractivity contribution in [2.24, 2.45) is 0 Å². The molecule has 0 aromatic heterocycles. The van der Waals surface area contributed by atoms with Gasteiger partial charge in [0.05, 0.1) is 11.4 Å². The molecule has 0 fully saturated rings. The van der Waals surface area contributed by atoms with Gasteiger partial charge in [0.25, 0.3) is 6.71 Å². The minimum atomic E-state index is -0.367. The molecule has 2 aliphatic heterocycles. The molecule has 0 bridgehead atoms. The first-order valence-electron chi connectivity index (χ1n) is 29.2. The van der Waals surface area contributed by atoms with Gasteiger partial charge in [0.1, 0.15) is 0 Å². The molecule has 0 radical (unpaired) electrons. The smallest absolute Gasteiger partial charge is 0.252 e. The molecule has 79 heavy (non-hydrogen) atoms. The van der Waals surface area contributed by atoms with E-state index in [0.717, 1.165) is 11.4 Å². The number of anilines is 9. The Labute approximate surface area is 476 Å². The molecule has 4 heteroatoms. The predicted octanol–water partition coefficient (Wildman–Crippen LogP) is 19.3. The van der Waals surface area contributed by atoms with Crippen LogP contribution in [0.4, 0.5) is 51.2 Å². The number of hydrogen-bond donors (Lipinski definition) is 0. The van der Waals surface area contributed by atoms with Crippen LogP contribution in [0, 0.1) is 0 Å². The third-order valence-corrected chi connectivity index (χ3v) is 17.8. The highest BCUT2D eigenvalue weighted by Crippen LogP contribution is 2.60. The first kappa shape index (κ1) is 54.2. The van der Waals surface area contributed by atoms with Gasteiger partial charge < -0.3 is 14.7 Å². The molecule has 0 N–H and O–H groups in total. The van der Waals surface area contributed by atoms with E-state index < -0.39 is 0 Å². The SMILES string of the molecule is CC(C)(C)c1ccc(N(c2ccc(C(C)(C)C)cc2)c2ccc(N3c4ccc(C(C)(C)C)cc4B4c5cc(C(C)(C)C)ccc5N(c5ccc(C(C)(C)C)cc5)c5cc(C(C)(C)C)cc3c54)c3c2-c2ccccc2C3(C)C)cc1. The zero-order valence-corrected chi connectivity index (χ0v) is 51.4. The van der Waals surface area contributed by atoms with Gasteiger partial charge >= 0.3 is 0 Å². The molecule has 0 atom stereocenters. The average Bonchev–Trinajstić information content (AvgIpc) is 2.42. The van der Waals surface area contributed by atoms with Gasteiger partial charge in [0.2, 0.25) is 0 Å². The van der Waals surface area contributed by atoms with E-state index in [-0.39, 0.29) is 44.6 Å². The lowest BCUT2D eigenvalue weighted by Crippen LogP contribution is -2.62. The van der Waals surface area contributed by atoms with Crippen molar-refractivity contribution in [3.05, 3.63) is 202 Å². The summed E-state index contributed by atoms with van der Waals surface area (Å²) in [5.41, 5.74) is 27.6. The number of rotatable bonds is 5. The lowest BCUT2D eigenvalue weighted by Gasteiger charge is -2.46. The minimum Gasteiger partial charge on any atom is -0.311 e. The normalized spacial score (nSPS) is 14.9. The maximum atomic E-state index is 2.71. The van der Waals surface area contributed by atoms with Gasteiger partial charge in [0.15, 0.2) is 0 Å². The summed E-state index contributed by atoms with van der Waals surface area (Å²) in [7, 11) is 0. The molecule has 3 nitrogen and oxygen atoms in total. The Morgan fingerprint density at radius 1 is 0.367 bits per heavy atom. The van der Waals surface area contributed by atoms with Crippen LogP contribution in [0.25, 0.3) is 11.1 Å². The molecule has 0 spiro atoms. The Bertz CT molecular complexity index is 3620. The molecular weight excluding hydrogens is 954 g/mol. The van der Waals surface area contributed by atoms with Crippen LogP contribution in [-0.2, 0) is 37.9 Å². The Balaban J connectivity index is 1.26. The van der Waals surface area contributed by atoms with Gasteiger partial charge in [-0.05, 0) is 172 Å². The quantitative estimate of drug-likeness (QED) is 0.159. The Kier molecular flexibility index (Phi) is 12.4. The summed E-state index contributed by atoms with van der Waals surface area (Å²) >= 11 is 0. The van der Waals surface area contributed by atoms with Crippen LogP contribution in [-0.4, -0.2) is 6.71 Å². The molecular formula is C75H86BN3. The second kappa shape index (κ2) is 18.1. The van der Waals surface area contributed by atoms with Crippen molar-refractivity contribution in [3.63, 3.8) is 0 Å². The van der Waals surface area contributed by atoms with Crippen molar-refractivity contribution in [2.75, 3.05) is 14.7 Å². The fourth-order valence-corrected chi connectivity index (χ4v) is 12.9. The molecule has 0 saturated carbocycles. The lowest BCUT2D eigenvalue weighted by atomic mass is 9.33. The summed E-state index contributed by atoms with van der Waals surface area (Å²) in [5.74, 6) is 0. The van der Waals surface area contributed by atoms with Gasteiger partial charge in [-0.15, -0.1) is 0 Å². The number of fused-ring (bicyclic) bond motifs is 7. The summed E-state index contributed by atoms with van der Waals surface area (Å²) < 4.78 is 0. The highest BCUT2D eigenvalue weighted by atomic mass is 15.2. The third kappa shape index (κ3) is 9.14. The Hall–Kier alpha value is -6.78. The molecule has 8 aromatic rings. The van der Waals surface area contributed by atoms with E-state index in [1.807, 2.05) is 0 Å². The van der Waals surface area contributed by atoms with E-state index in [2.05, 4.69) is 311 Å². The lowest BCUT2D eigenvalue weighted by molar-refractivity contribution is 0.589. The molecule has 0 saturated heterocycles. The summed E-state index contributed by atoms with van der Waals surface area (Å²) in [6, 6.07) is 62.3. The van der Waals surface area contributed by atoms with Crippen molar-refractivity contribution < 1.29 is 0 Å². The largest absolute Gasteiger partial charge is 0.311 e. The molecule has 3 aliphatic rings. The summed E-state index contributed by atoms with van der Waals surface area (Å²) in [4.78, 5) is 7.85. The Morgan fingerprint density at radius 2 is 0.759 bits per heavy atom. The monoisotopic (exact) mass is 1040 g/mol. The van der Waals surface area contributed by atoms with Crippen LogP contribution >= 0.6 is 0 Å². The van der Waals surface area contributed by atoms with Crippen LogP contribution in [0.1, 0.15) is 183 Å². The number of hydrogen-bond acceptors (Lipinski definition) is 3. The zero-order valence-electron chi connectivity index (χ0n) is 51.4. The van der Waals surface area contributed by atoms with Gasteiger partial charge in [-0.2, -0.15) is 0 Å². The van der Waals surface area contributed by atoms with Gasteiger partial charge in [-0.3, -0.25) is 0 Å². The summed E-state index contributed by atoms with van der Waals surface area (Å²) in [5, 5.41) is 0. The van der Waals surface area contributed by atoms with Crippen LogP contribution in [0.5, 0.6) is 0 Å². The molecule has 0 unspecified atom stereocenters. The molecule has 11 rings (SSSR count). The van der Waals surface area contributed by atoms with Gasteiger partial charge in [-0.25, -0.2) is 0 Å². The molecule has 1 aliphatic carbocycles. The first-order chi connectivity index (χ1) is 36.7. The number of benzene rings is 8. The fraction of sp³-hybridized carbons (Fsp3) is 0.360. The Morgan fingerprint density at radius 3 is 1.22 bits per heavy atom. The van der Waals surface area contributed by atoms with E-state index in [0.29, 0.717) is 0 Å². The van der Waals surface area contributed by atoms with Crippen molar-refractivity contribution >= 4 is 74.3 Å². The van der Waals surface area contributed by atoms with Crippen molar-refractivity contribution in [1.82, 2.24) is 0 Å². The third-order valence-electron chi connectivity index (χ3n) is 17.8. The van der Waals surface area contributed by atoms with Crippen molar-refractivity contribution in [2.45, 2.75) is 176 Å². The highest BCUT2D eigenvalue weighted by molar-refractivity contribution is 7.00. The first-order valence-corrected chi connectivity index (χ1v) is 29.2. The van der Waals surface area contributed by atoms with E-state index in [1.54, 1.807) is 0 Å². The van der Waals surface area contributed by atoms with Crippen LogP contribution in [0.3, 0.4) is 0 Å². The minimum absolute atomic E-state index is 0.0184. The topological polar surface area (TPSA) is 9.72 Å². The maximum Gasteiger partial charge on any atom is 0.252 e. The molecule has 8 aromatic carbocycles. The zero-order chi connectivity index (χ0) is 56.9. The van der Waals surface area contributed by atoms with Crippen LogP contribution in [0.2, 0.25) is 0 Å². The van der Waals surface area contributed by atoms with E-state index in [1.165, 1.54) is 112 Å². The highest BCUT2D eigenvalue weighted by Gasteiger charge is 2.48. The fourth-order valence-electron chi connectivity index (χ4n) is 12.9. The van der Waals surface area contributed by atoms with E-state index in [4.69, 9.17) is 0 Å². The summed E-state index contributed by atoms with van der Waals surface area (Å²) in [6.45, 7) is 47.0. The second-order valence-corrected chi connectivity index (χ2v) is 30.1. The van der Waals surface area contributed by atoms with Crippen LogP contribution < -0.4 is 31.1 Å². The number of nitrogens with zero attached hydrogens (tertiary/aromatic N) is 3. The van der Waals surface area contributed by atoms with Crippen molar-refractivity contribution in [3.8, 4) is 11.1 Å². The predicted molar refractivity (Wildman–Crippen MR) is 345 cm³/mol. The van der Waals surface area contributed by atoms with E-state index in [9.17, 15) is 0 Å². The molecule has 0 amide bonds. The molecule has 2 heterocycles. The van der Waals surface area contributed by atoms with Gasteiger partial charge in [0, 0.05) is 50.8 Å². The standard InChI is InChI=1S/C75H86BN3/c1-69(2,3)47-25-33-53(34-26-47)77(54-35-27-48(28-36-54)70(4,5)6)62-41-42-63(67-66(62)56-23-21-22-24-57(56)75(67,19)20)79-61-40-32-51(73(13,14)15)44-59(61)76-58-43-50(72(10,11)12)31-39-60(58)78(55-37-29-49(30-38-55)71(7,8)9)64-45-52(74(16,17)18)46-65(79)68(64)76/h21-46H,1-20H3. The average molecular weight is 1040 g/mol. The maximum absolute atomic E-state index is 2.71. The van der Waals surface area contributed by atoms with E-state index >= 15 is 0 Å². The van der Waals surface area contributed by atoms with Crippen molar-refractivity contribution in [1.29, 1.82) is 0 Å².